The van der Waals surface area contributed by atoms with Crippen LogP contribution in [0.1, 0.15) is 15.9 Å². The first kappa shape index (κ1) is 11.8. The maximum atomic E-state index is 11.9. The van der Waals surface area contributed by atoms with Gasteiger partial charge >= 0.3 is 12.3 Å². The Morgan fingerprint density at radius 2 is 2.06 bits per heavy atom. The van der Waals surface area contributed by atoms with Crippen LogP contribution >= 0.6 is 0 Å². The fraction of sp³-hybridized carbons (Fsp3) is 0.111. The number of hydrogen-bond donors (Lipinski definition) is 1. The summed E-state index contributed by atoms with van der Waals surface area (Å²) in [4.78, 5) is 10.6. The number of halogens is 3. The highest BCUT2D eigenvalue weighted by Gasteiger charge is 2.33. The van der Waals surface area contributed by atoms with Crippen LogP contribution in [0.5, 0.6) is 5.75 Å². The molecule has 84 valence electrons. The highest BCUT2D eigenvalue weighted by atomic mass is 19.4. The molecular formula is C9H4F3NO3. The van der Waals surface area contributed by atoms with E-state index in [1.54, 1.807) is 6.07 Å². The lowest BCUT2D eigenvalue weighted by Gasteiger charge is -2.11. The number of carbonyl (C=O) groups is 1. The van der Waals surface area contributed by atoms with Crippen LogP contribution in [0, 0.1) is 11.3 Å². The minimum absolute atomic E-state index is 0.121. The molecule has 1 rings (SSSR count). The molecule has 0 amide bonds. The minimum Gasteiger partial charge on any atom is -0.478 e. The first-order valence-corrected chi connectivity index (χ1v) is 3.86. The molecule has 0 radical (unpaired) electrons. The summed E-state index contributed by atoms with van der Waals surface area (Å²) in [5.74, 6) is -2.47. The van der Waals surface area contributed by atoms with Gasteiger partial charge in [0.05, 0.1) is 11.6 Å². The summed E-state index contributed by atoms with van der Waals surface area (Å²) in [6.45, 7) is 0. The van der Waals surface area contributed by atoms with Crippen molar-refractivity contribution < 1.29 is 27.8 Å². The molecule has 7 heteroatoms. The van der Waals surface area contributed by atoms with Gasteiger partial charge in [-0.1, -0.05) is 0 Å². The van der Waals surface area contributed by atoms with Gasteiger partial charge < -0.3 is 9.84 Å². The van der Waals surface area contributed by atoms with Crippen LogP contribution in [0.3, 0.4) is 0 Å². The zero-order valence-corrected chi connectivity index (χ0v) is 7.58. The van der Waals surface area contributed by atoms with Crippen molar-refractivity contribution in [2.24, 2.45) is 0 Å². The van der Waals surface area contributed by atoms with Gasteiger partial charge in [0.15, 0.2) is 0 Å². The average Bonchev–Trinajstić information content (AvgIpc) is 2.14. The summed E-state index contributed by atoms with van der Waals surface area (Å²) >= 11 is 0. The molecule has 1 aromatic rings. The molecule has 4 nitrogen and oxygen atoms in total. The van der Waals surface area contributed by atoms with Crippen molar-refractivity contribution >= 4 is 5.97 Å². The summed E-state index contributed by atoms with van der Waals surface area (Å²) in [5.41, 5.74) is -0.777. The van der Waals surface area contributed by atoms with Crippen LogP contribution in [0.2, 0.25) is 0 Å². The van der Waals surface area contributed by atoms with E-state index in [9.17, 15) is 18.0 Å². The number of hydrogen-bond acceptors (Lipinski definition) is 3. The molecule has 0 heterocycles. The molecule has 0 aliphatic carbocycles. The van der Waals surface area contributed by atoms with Gasteiger partial charge in [0.25, 0.3) is 0 Å². The van der Waals surface area contributed by atoms with E-state index in [0.717, 1.165) is 18.2 Å². The summed E-state index contributed by atoms with van der Waals surface area (Å²) < 4.78 is 39.3. The van der Waals surface area contributed by atoms with Crippen LogP contribution < -0.4 is 4.74 Å². The smallest absolute Gasteiger partial charge is 0.478 e. The van der Waals surface area contributed by atoms with Gasteiger partial charge in [0.2, 0.25) is 0 Å². The molecule has 1 aromatic carbocycles. The van der Waals surface area contributed by atoms with Gasteiger partial charge in [-0.3, -0.25) is 0 Å². The van der Waals surface area contributed by atoms with Gasteiger partial charge in [-0.25, -0.2) is 4.79 Å². The number of alkyl halides is 3. The third kappa shape index (κ3) is 2.88. The topological polar surface area (TPSA) is 70.3 Å². The van der Waals surface area contributed by atoms with E-state index < -0.39 is 23.6 Å². The van der Waals surface area contributed by atoms with Crippen molar-refractivity contribution in [2.45, 2.75) is 6.36 Å². The Balaban J connectivity index is 3.22. The number of nitriles is 1. The van der Waals surface area contributed by atoms with Crippen molar-refractivity contribution in [3.63, 3.8) is 0 Å². The van der Waals surface area contributed by atoms with E-state index >= 15 is 0 Å². The van der Waals surface area contributed by atoms with Crippen LogP contribution in [-0.2, 0) is 0 Å². The number of rotatable bonds is 2. The maximum Gasteiger partial charge on any atom is 0.573 e. The molecule has 0 unspecified atom stereocenters. The Morgan fingerprint density at radius 1 is 1.44 bits per heavy atom. The third-order valence-corrected chi connectivity index (χ3v) is 1.57. The van der Waals surface area contributed by atoms with Crippen LogP contribution in [0.25, 0.3) is 0 Å². The predicted octanol–water partition coefficient (Wildman–Crippen LogP) is 2.16. The maximum absolute atomic E-state index is 11.9. The van der Waals surface area contributed by atoms with E-state index in [0.29, 0.717) is 0 Å². The van der Waals surface area contributed by atoms with E-state index in [4.69, 9.17) is 10.4 Å². The summed E-state index contributed by atoms with van der Waals surface area (Å²) in [6, 6.07) is 4.27. The lowest BCUT2D eigenvalue weighted by atomic mass is 10.1. The van der Waals surface area contributed by atoms with Gasteiger partial charge in [0, 0.05) is 0 Å². The second-order valence-electron chi connectivity index (χ2n) is 2.68. The first-order chi connectivity index (χ1) is 7.33. The molecule has 0 aliphatic rings. The lowest BCUT2D eigenvalue weighted by Crippen LogP contribution is -2.19. The highest BCUT2D eigenvalue weighted by molar-refractivity contribution is 5.91. The summed E-state index contributed by atoms with van der Waals surface area (Å²) in [6.07, 6.45) is -5.00. The molecule has 0 spiro atoms. The van der Waals surface area contributed by atoms with Crippen LogP contribution in [0.4, 0.5) is 13.2 Å². The average molecular weight is 231 g/mol. The molecule has 0 atom stereocenters. The van der Waals surface area contributed by atoms with Crippen LogP contribution in [0.15, 0.2) is 18.2 Å². The minimum atomic E-state index is -5.00. The van der Waals surface area contributed by atoms with Gasteiger partial charge in [-0.15, -0.1) is 13.2 Å². The zero-order valence-electron chi connectivity index (χ0n) is 7.58. The quantitative estimate of drug-likeness (QED) is 0.846. The molecule has 0 saturated carbocycles. The molecule has 0 bridgehead atoms. The Morgan fingerprint density at radius 3 is 2.50 bits per heavy atom. The van der Waals surface area contributed by atoms with Gasteiger partial charge in [-0.2, -0.15) is 5.26 Å². The molecule has 1 N–H and O–H groups in total. The molecule has 16 heavy (non-hydrogen) atoms. The number of carboxylic acid groups (broad SMARTS) is 1. The van der Waals surface area contributed by atoms with Crippen molar-refractivity contribution in [1.29, 1.82) is 5.26 Å². The van der Waals surface area contributed by atoms with Crippen molar-refractivity contribution in [3.05, 3.63) is 29.3 Å². The molecule has 0 fully saturated rings. The lowest BCUT2D eigenvalue weighted by molar-refractivity contribution is -0.274. The molecular weight excluding hydrogens is 227 g/mol. The van der Waals surface area contributed by atoms with Crippen LogP contribution in [-0.4, -0.2) is 17.4 Å². The normalized spacial score (nSPS) is 10.6. The number of ether oxygens (including phenoxy) is 1. The van der Waals surface area contributed by atoms with Crippen molar-refractivity contribution in [3.8, 4) is 11.8 Å². The van der Waals surface area contributed by atoms with E-state index in [1.807, 2.05) is 0 Å². The Kier molecular flexibility index (Phi) is 3.04. The Hall–Kier alpha value is -2.23. The van der Waals surface area contributed by atoms with Gasteiger partial charge in [0.1, 0.15) is 11.3 Å². The summed E-state index contributed by atoms with van der Waals surface area (Å²) in [7, 11) is 0. The summed E-state index contributed by atoms with van der Waals surface area (Å²) in [5, 5.41) is 17.1. The molecule has 0 aromatic heterocycles. The Bertz CT molecular complexity index is 462. The number of aromatic carboxylic acids is 1. The number of carboxylic acids is 1. The van der Waals surface area contributed by atoms with Crippen molar-refractivity contribution in [2.75, 3.05) is 0 Å². The largest absolute Gasteiger partial charge is 0.573 e. The zero-order chi connectivity index (χ0) is 12.3. The van der Waals surface area contributed by atoms with Gasteiger partial charge in [-0.05, 0) is 18.2 Å². The number of benzene rings is 1. The highest BCUT2D eigenvalue weighted by Crippen LogP contribution is 2.27. The Labute approximate surface area is 87.5 Å². The fourth-order valence-electron chi connectivity index (χ4n) is 0.978. The monoisotopic (exact) mass is 231 g/mol. The van der Waals surface area contributed by atoms with Crippen molar-refractivity contribution in [1.82, 2.24) is 0 Å². The molecule has 0 saturated heterocycles. The third-order valence-electron chi connectivity index (χ3n) is 1.57. The second-order valence-corrected chi connectivity index (χ2v) is 2.68. The SMILES string of the molecule is N#Cc1ccc(C(=O)O)c(OC(F)(F)F)c1. The van der Waals surface area contributed by atoms with E-state index in [1.165, 1.54) is 0 Å². The standard InChI is InChI=1S/C9H4F3NO3/c10-9(11,12)16-7-3-5(4-13)1-2-6(7)8(14)15/h1-3H,(H,14,15). The van der Waals surface area contributed by atoms with E-state index in [-0.39, 0.29) is 5.56 Å². The fourth-order valence-corrected chi connectivity index (χ4v) is 0.978. The van der Waals surface area contributed by atoms with E-state index in [2.05, 4.69) is 4.74 Å². The first-order valence-electron chi connectivity index (χ1n) is 3.86. The molecule has 0 aliphatic heterocycles. The predicted molar refractivity (Wildman–Crippen MR) is 44.8 cm³/mol. The second kappa shape index (κ2) is 4.10. The number of nitrogens with zero attached hydrogens (tertiary/aromatic N) is 1.